The van der Waals surface area contributed by atoms with Crippen molar-refractivity contribution in [3.63, 3.8) is 0 Å². The van der Waals surface area contributed by atoms with Crippen LogP contribution in [-0.4, -0.2) is 38.1 Å². The van der Waals surface area contributed by atoms with E-state index in [1.165, 1.54) is 4.90 Å². The second-order valence-corrected chi connectivity index (χ2v) is 8.72. The first kappa shape index (κ1) is 21.1. The van der Waals surface area contributed by atoms with Gasteiger partial charge in [-0.2, -0.15) is 0 Å². The van der Waals surface area contributed by atoms with Crippen LogP contribution in [0.5, 0.6) is 0 Å². The molecule has 1 saturated heterocycles. The Morgan fingerprint density at radius 3 is 2.48 bits per heavy atom. The van der Waals surface area contributed by atoms with Crippen LogP contribution in [0.15, 0.2) is 54.6 Å². The van der Waals surface area contributed by atoms with Crippen LogP contribution in [0.4, 0.5) is 4.79 Å². The van der Waals surface area contributed by atoms with Gasteiger partial charge in [-0.05, 0) is 38.0 Å². The molecule has 162 valence electrons. The first-order valence-electron chi connectivity index (χ1n) is 10.5. The number of nitrogens with two attached hydrogens (primary N) is 1. The van der Waals surface area contributed by atoms with Crippen LogP contribution in [0.25, 0.3) is 11.0 Å². The summed E-state index contributed by atoms with van der Waals surface area (Å²) in [5.74, 6) is -0.403. The maximum absolute atomic E-state index is 13.5. The minimum Gasteiger partial charge on any atom is -0.441 e. The SMILES string of the molecule is C[C@@H](C(=O)N1C(=O)OC(C)(C)[C@@H]1Cc1ccccc1)[C@@H](N)c1nc2ccccc2n1C. The van der Waals surface area contributed by atoms with Crippen LogP contribution < -0.4 is 5.73 Å². The smallest absolute Gasteiger partial charge is 0.417 e. The van der Waals surface area contributed by atoms with Gasteiger partial charge in [-0.25, -0.2) is 14.7 Å². The van der Waals surface area contributed by atoms with Gasteiger partial charge in [-0.15, -0.1) is 0 Å². The molecule has 3 atom stereocenters. The maximum Gasteiger partial charge on any atom is 0.417 e. The standard InChI is InChI=1S/C24H28N4O3/c1-15(20(25)21-26-17-12-8-9-13-18(17)27(21)4)22(29)28-19(24(2,3)31-23(28)30)14-16-10-6-5-7-11-16/h5-13,15,19-20H,14,25H2,1-4H3/t15-,19+,20-/m1/s1. The minimum absolute atomic E-state index is 0.351. The fourth-order valence-electron chi connectivity index (χ4n) is 4.26. The van der Waals surface area contributed by atoms with Crippen LogP contribution in [0.3, 0.4) is 0 Å². The number of amides is 2. The average Bonchev–Trinajstić information content (AvgIpc) is 3.20. The number of fused-ring (bicyclic) bond motifs is 1. The Morgan fingerprint density at radius 2 is 1.81 bits per heavy atom. The summed E-state index contributed by atoms with van der Waals surface area (Å²) in [7, 11) is 1.88. The Bertz CT molecular complexity index is 1120. The molecule has 2 heterocycles. The van der Waals surface area contributed by atoms with Crippen LogP contribution in [0.1, 0.15) is 38.2 Å². The summed E-state index contributed by atoms with van der Waals surface area (Å²) in [6, 6.07) is 16.4. The van der Waals surface area contributed by atoms with Crippen molar-refractivity contribution < 1.29 is 14.3 Å². The molecule has 1 aromatic heterocycles. The lowest BCUT2D eigenvalue weighted by Crippen LogP contribution is -2.49. The van der Waals surface area contributed by atoms with E-state index < -0.39 is 29.7 Å². The van der Waals surface area contributed by atoms with Crippen molar-refractivity contribution in [2.75, 3.05) is 0 Å². The Balaban J connectivity index is 1.62. The number of carbonyl (C=O) groups excluding carboxylic acids is 2. The Kier molecular flexibility index (Phi) is 5.31. The quantitative estimate of drug-likeness (QED) is 0.681. The van der Waals surface area contributed by atoms with Crippen molar-refractivity contribution in [3.8, 4) is 0 Å². The van der Waals surface area contributed by atoms with E-state index >= 15 is 0 Å². The van der Waals surface area contributed by atoms with Crippen molar-refractivity contribution in [1.82, 2.24) is 14.5 Å². The summed E-state index contributed by atoms with van der Waals surface area (Å²) in [4.78, 5) is 32.1. The highest BCUT2D eigenvalue weighted by atomic mass is 16.6. The molecule has 0 unspecified atom stereocenters. The highest BCUT2D eigenvalue weighted by Crippen LogP contribution is 2.34. The molecule has 0 aliphatic carbocycles. The topological polar surface area (TPSA) is 90.4 Å². The monoisotopic (exact) mass is 420 g/mol. The number of para-hydroxylation sites is 2. The summed E-state index contributed by atoms with van der Waals surface area (Å²) in [5.41, 5.74) is 8.49. The van der Waals surface area contributed by atoms with E-state index in [4.69, 9.17) is 10.5 Å². The lowest BCUT2D eigenvalue weighted by Gasteiger charge is -2.30. The molecule has 1 aliphatic heterocycles. The van der Waals surface area contributed by atoms with Gasteiger partial charge in [0, 0.05) is 7.05 Å². The zero-order valence-electron chi connectivity index (χ0n) is 18.3. The molecule has 0 saturated carbocycles. The van der Waals surface area contributed by atoms with Gasteiger partial charge in [-0.1, -0.05) is 49.4 Å². The number of cyclic esters (lactones) is 1. The van der Waals surface area contributed by atoms with Crippen molar-refractivity contribution in [2.45, 2.75) is 44.9 Å². The Labute approximate surface area is 181 Å². The number of hydrogen-bond acceptors (Lipinski definition) is 5. The molecular formula is C24H28N4O3. The van der Waals surface area contributed by atoms with Crippen LogP contribution >= 0.6 is 0 Å². The van der Waals surface area contributed by atoms with Gasteiger partial charge in [0.2, 0.25) is 5.91 Å². The Hall–Kier alpha value is -3.19. The van der Waals surface area contributed by atoms with E-state index in [9.17, 15) is 9.59 Å². The molecule has 0 radical (unpaired) electrons. The van der Waals surface area contributed by atoms with Gasteiger partial charge in [0.05, 0.1) is 29.0 Å². The normalized spacial score (nSPS) is 20.0. The summed E-state index contributed by atoms with van der Waals surface area (Å²) >= 11 is 0. The zero-order valence-corrected chi connectivity index (χ0v) is 18.3. The van der Waals surface area contributed by atoms with E-state index in [1.807, 2.05) is 80.1 Å². The number of rotatable bonds is 5. The molecule has 2 N–H and O–H groups in total. The van der Waals surface area contributed by atoms with Gasteiger partial charge in [-0.3, -0.25) is 4.79 Å². The molecule has 0 bridgehead atoms. The molecule has 31 heavy (non-hydrogen) atoms. The second-order valence-electron chi connectivity index (χ2n) is 8.72. The fourth-order valence-corrected chi connectivity index (χ4v) is 4.26. The number of carbonyl (C=O) groups is 2. The molecule has 2 aromatic carbocycles. The minimum atomic E-state index is -0.801. The summed E-state index contributed by atoms with van der Waals surface area (Å²) in [6.45, 7) is 5.41. The average molecular weight is 421 g/mol. The lowest BCUT2D eigenvalue weighted by molar-refractivity contribution is -0.134. The van der Waals surface area contributed by atoms with Crippen molar-refractivity contribution in [3.05, 3.63) is 66.0 Å². The van der Waals surface area contributed by atoms with Crippen molar-refractivity contribution >= 4 is 23.0 Å². The maximum atomic E-state index is 13.5. The molecule has 3 aromatic rings. The fraction of sp³-hybridized carbons (Fsp3) is 0.375. The molecule has 1 fully saturated rings. The predicted molar refractivity (Wildman–Crippen MR) is 118 cm³/mol. The molecule has 7 heteroatoms. The molecule has 2 amide bonds. The predicted octanol–water partition coefficient (Wildman–Crippen LogP) is 3.58. The van der Waals surface area contributed by atoms with E-state index in [2.05, 4.69) is 4.98 Å². The van der Waals surface area contributed by atoms with E-state index in [0.717, 1.165) is 16.6 Å². The molecule has 0 spiro atoms. The number of aromatic nitrogens is 2. The number of hydrogen-bond donors (Lipinski definition) is 1. The molecule has 1 aliphatic rings. The number of imidazole rings is 1. The number of ether oxygens (including phenoxy) is 1. The third-order valence-corrected chi connectivity index (χ3v) is 6.22. The number of aryl methyl sites for hydroxylation is 1. The van der Waals surface area contributed by atoms with Gasteiger partial charge in [0.1, 0.15) is 11.4 Å². The highest BCUT2D eigenvalue weighted by Gasteiger charge is 2.51. The third-order valence-electron chi connectivity index (χ3n) is 6.22. The number of benzene rings is 2. The molecule has 4 rings (SSSR count). The van der Waals surface area contributed by atoms with E-state index in [0.29, 0.717) is 12.2 Å². The van der Waals surface area contributed by atoms with E-state index in [-0.39, 0.29) is 5.91 Å². The first-order valence-corrected chi connectivity index (χ1v) is 10.5. The Morgan fingerprint density at radius 1 is 1.16 bits per heavy atom. The van der Waals surface area contributed by atoms with Gasteiger partial charge in [0.15, 0.2) is 0 Å². The third kappa shape index (κ3) is 3.70. The van der Waals surface area contributed by atoms with Crippen LogP contribution in [0, 0.1) is 5.92 Å². The molecular weight excluding hydrogens is 392 g/mol. The van der Waals surface area contributed by atoms with Crippen LogP contribution in [0.2, 0.25) is 0 Å². The van der Waals surface area contributed by atoms with Crippen LogP contribution in [-0.2, 0) is 23.0 Å². The van der Waals surface area contributed by atoms with Crippen molar-refractivity contribution in [1.29, 1.82) is 0 Å². The number of imide groups is 1. The zero-order chi connectivity index (χ0) is 22.3. The largest absolute Gasteiger partial charge is 0.441 e. The highest BCUT2D eigenvalue weighted by molar-refractivity contribution is 5.95. The second kappa shape index (κ2) is 7.81. The van der Waals surface area contributed by atoms with E-state index in [1.54, 1.807) is 6.92 Å². The lowest BCUT2D eigenvalue weighted by atomic mass is 9.90. The first-order chi connectivity index (χ1) is 14.7. The van der Waals surface area contributed by atoms with Gasteiger partial charge in [0.25, 0.3) is 0 Å². The number of nitrogens with zero attached hydrogens (tertiary/aromatic N) is 3. The van der Waals surface area contributed by atoms with Gasteiger partial charge < -0.3 is 15.0 Å². The van der Waals surface area contributed by atoms with Crippen molar-refractivity contribution in [2.24, 2.45) is 18.7 Å². The summed E-state index contributed by atoms with van der Waals surface area (Å²) < 4.78 is 7.48. The summed E-state index contributed by atoms with van der Waals surface area (Å²) in [6.07, 6.45) is -0.112. The molecule has 7 nitrogen and oxygen atoms in total. The van der Waals surface area contributed by atoms with Gasteiger partial charge >= 0.3 is 6.09 Å². The summed E-state index contributed by atoms with van der Waals surface area (Å²) in [5, 5.41) is 0.